The number of carbonyl (C=O) groups is 3. The van der Waals surface area contributed by atoms with E-state index in [9.17, 15) is 22.8 Å². The van der Waals surface area contributed by atoms with Gasteiger partial charge in [0.1, 0.15) is 38.9 Å². The maximum Gasteiger partial charge on any atom is 0.259 e. The van der Waals surface area contributed by atoms with Gasteiger partial charge in [-0.3, -0.25) is 24.0 Å². The van der Waals surface area contributed by atoms with Gasteiger partial charge < -0.3 is 19.7 Å². The number of likely N-dealkylation sites (tertiary alicyclic amines) is 1. The summed E-state index contributed by atoms with van der Waals surface area (Å²) in [6.07, 6.45) is 7.42. The van der Waals surface area contributed by atoms with Crippen LogP contribution in [0.5, 0.6) is 11.5 Å². The van der Waals surface area contributed by atoms with E-state index in [1.54, 1.807) is 31.2 Å². The molecule has 3 aromatic rings. The number of rotatable bonds is 19. The molecule has 1 saturated heterocycles. The van der Waals surface area contributed by atoms with Gasteiger partial charge in [-0.1, -0.05) is 37.6 Å². The van der Waals surface area contributed by atoms with Gasteiger partial charge in [-0.05, 0) is 56.6 Å². The van der Waals surface area contributed by atoms with Gasteiger partial charge in [-0.2, -0.15) is 0 Å². The topological polar surface area (TPSA) is 160 Å². The van der Waals surface area contributed by atoms with Gasteiger partial charge in [0.05, 0.1) is 30.1 Å². The molecule has 4 atom stereocenters. The van der Waals surface area contributed by atoms with Crippen LogP contribution in [-0.2, 0) is 24.4 Å². The SMILES string of the molecule is C=CCCCCN(C)C(=O)C[C@@H]1C[C@H](Oc2cc(-c3nc(C(C)C)cs3)nc3c(Cl)c(OC)ccc23)CN1CC(=O)N[C@]1(C(=O)NS(=O)(=O)C2CC2)C[C@H]1C=C. The normalized spacial score (nSPS) is 22.1. The largest absolute Gasteiger partial charge is 0.495 e. The van der Waals surface area contributed by atoms with Gasteiger partial charge in [0, 0.05) is 61.8 Å². The molecule has 3 amide bonds. The lowest BCUT2D eigenvalue weighted by Crippen LogP contribution is -2.54. The van der Waals surface area contributed by atoms with Gasteiger partial charge in [0.15, 0.2) is 0 Å². The molecule has 6 rings (SSSR count). The quantitative estimate of drug-likeness (QED) is 0.111. The molecule has 2 aliphatic carbocycles. The second-order valence-corrected chi connectivity index (χ2v) is 18.5. The Labute approximate surface area is 337 Å². The van der Waals surface area contributed by atoms with E-state index in [1.807, 2.05) is 28.5 Å². The van der Waals surface area contributed by atoms with Gasteiger partial charge >= 0.3 is 0 Å². The van der Waals surface area contributed by atoms with Crippen molar-refractivity contribution < 1.29 is 32.3 Å². The number of pyridine rings is 1. The molecule has 3 heterocycles. The first-order valence-corrected chi connectivity index (χ1v) is 21.9. The summed E-state index contributed by atoms with van der Waals surface area (Å²) < 4.78 is 39.7. The smallest absolute Gasteiger partial charge is 0.259 e. The Morgan fingerprint density at radius 3 is 2.59 bits per heavy atom. The lowest BCUT2D eigenvalue weighted by molar-refractivity contribution is -0.132. The minimum atomic E-state index is -3.83. The van der Waals surface area contributed by atoms with Crippen LogP contribution in [0.4, 0.5) is 0 Å². The molecular weight excluding hydrogens is 776 g/mol. The molecule has 13 nitrogen and oxygen atoms in total. The molecule has 0 radical (unpaired) electrons. The van der Waals surface area contributed by atoms with Gasteiger partial charge in [0.25, 0.3) is 5.91 Å². The molecule has 2 aromatic heterocycles. The monoisotopic (exact) mass is 826 g/mol. The second kappa shape index (κ2) is 17.2. The summed E-state index contributed by atoms with van der Waals surface area (Å²) in [7, 11) is -0.504. The average molecular weight is 827 g/mol. The number of halogens is 1. The van der Waals surface area contributed by atoms with Crippen LogP contribution in [0.1, 0.15) is 76.8 Å². The van der Waals surface area contributed by atoms with Crippen molar-refractivity contribution in [3.8, 4) is 22.2 Å². The predicted octanol–water partition coefficient (Wildman–Crippen LogP) is 5.84. The molecule has 1 aromatic carbocycles. The zero-order valence-electron chi connectivity index (χ0n) is 32.4. The van der Waals surface area contributed by atoms with E-state index < -0.39 is 44.6 Å². The predicted molar refractivity (Wildman–Crippen MR) is 218 cm³/mol. The molecule has 56 heavy (non-hydrogen) atoms. The molecule has 0 spiro atoms. The molecule has 0 unspecified atom stereocenters. The number of methoxy groups -OCH3 is 1. The Morgan fingerprint density at radius 1 is 1.18 bits per heavy atom. The summed E-state index contributed by atoms with van der Waals surface area (Å²) in [5, 5.41) is 5.98. The Hall–Kier alpha value is -4.05. The summed E-state index contributed by atoms with van der Waals surface area (Å²) >= 11 is 8.30. The third-order valence-corrected chi connectivity index (χ3v) is 13.8. The highest BCUT2D eigenvalue weighted by Crippen LogP contribution is 2.45. The molecule has 3 fully saturated rings. The third kappa shape index (κ3) is 9.22. The molecule has 0 bridgehead atoms. The minimum absolute atomic E-state index is 0.0602. The van der Waals surface area contributed by atoms with Gasteiger partial charge in [-0.25, -0.2) is 18.4 Å². The average Bonchev–Trinajstić information content (AvgIpc) is 4.05. The molecule has 302 valence electrons. The first kappa shape index (κ1) is 41.6. The maximum absolute atomic E-state index is 13.8. The number of hydrogen-bond acceptors (Lipinski definition) is 11. The Balaban J connectivity index is 1.25. The third-order valence-electron chi connectivity index (χ3n) is 10.8. The van der Waals surface area contributed by atoms with Crippen LogP contribution in [0, 0.1) is 5.92 Å². The molecule has 16 heteroatoms. The number of hydrogen-bond donors (Lipinski definition) is 2. The highest BCUT2D eigenvalue weighted by Gasteiger charge is 2.61. The van der Waals surface area contributed by atoms with Crippen molar-refractivity contribution in [2.75, 3.05) is 33.8 Å². The fourth-order valence-corrected chi connectivity index (χ4v) is 9.75. The lowest BCUT2D eigenvalue weighted by Gasteiger charge is -2.26. The number of nitrogens with zero attached hydrogens (tertiary/aromatic N) is 4. The lowest BCUT2D eigenvalue weighted by atomic mass is 10.1. The van der Waals surface area contributed by atoms with Crippen LogP contribution in [-0.4, -0.2) is 103 Å². The van der Waals surface area contributed by atoms with Crippen molar-refractivity contribution in [2.24, 2.45) is 5.92 Å². The number of unbranched alkanes of at least 4 members (excludes halogenated alkanes) is 2. The number of benzene rings is 1. The summed E-state index contributed by atoms with van der Waals surface area (Å²) in [5.74, 6) is -0.485. The highest BCUT2D eigenvalue weighted by atomic mass is 35.5. The molecule has 3 aliphatic rings. The molecule has 1 aliphatic heterocycles. The van der Waals surface area contributed by atoms with E-state index >= 15 is 0 Å². The summed E-state index contributed by atoms with van der Waals surface area (Å²) in [6.45, 7) is 12.5. The number of nitrogens with one attached hydrogen (secondary N) is 2. The minimum Gasteiger partial charge on any atom is -0.495 e. The molecular formula is C40H51ClN6O7S2. The number of allylic oxidation sites excluding steroid dienone is 1. The van der Waals surface area contributed by atoms with Crippen molar-refractivity contribution in [3.05, 3.63) is 59.6 Å². The van der Waals surface area contributed by atoms with Crippen LogP contribution in [0.15, 0.2) is 48.9 Å². The van der Waals surface area contributed by atoms with Crippen LogP contribution in [0.3, 0.4) is 0 Å². The van der Waals surface area contributed by atoms with Crippen molar-refractivity contribution in [3.63, 3.8) is 0 Å². The number of amides is 3. The molecule has 2 N–H and O–H groups in total. The maximum atomic E-state index is 13.8. The summed E-state index contributed by atoms with van der Waals surface area (Å²) in [6, 6.07) is 5.08. The standard InChI is InChI=1S/C40H51ClN6O7S2/c1-7-9-10-11-16-46(5)35(49)18-26-17-27(21-47(26)22-34(48)44-40(20-25(40)8-2)39(50)45-56(51,52)28-12-13-28)54-33-19-30(38-43-31(23-55-38)24(3)4)42-37-29(33)14-15-32(53-6)36(37)41/h7-8,14-15,19,23-28H,1-2,9-13,16-18,20-22H2,3-6H3,(H,44,48)(H,45,50)/t25-,26+,27+,40-/m1/s1. The van der Waals surface area contributed by atoms with Crippen molar-refractivity contribution in [1.29, 1.82) is 0 Å². The van der Waals surface area contributed by atoms with E-state index in [4.69, 9.17) is 31.0 Å². The molecule has 2 saturated carbocycles. The summed E-state index contributed by atoms with van der Waals surface area (Å²) in [4.78, 5) is 54.0. The Kier molecular flexibility index (Phi) is 12.8. The number of thiazole rings is 1. The van der Waals surface area contributed by atoms with Gasteiger partial charge in [-0.15, -0.1) is 24.5 Å². The van der Waals surface area contributed by atoms with Crippen LogP contribution < -0.4 is 19.5 Å². The van der Waals surface area contributed by atoms with E-state index in [1.165, 1.54) is 11.3 Å². The zero-order valence-corrected chi connectivity index (χ0v) is 34.8. The number of fused-ring (bicyclic) bond motifs is 1. The number of aromatic nitrogens is 2. The first-order valence-electron chi connectivity index (χ1n) is 19.1. The first-order chi connectivity index (χ1) is 26.7. The van der Waals surface area contributed by atoms with Crippen LogP contribution in [0.2, 0.25) is 5.02 Å². The fraction of sp³-hybridized carbons (Fsp3) is 0.525. The number of carbonyl (C=O) groups excluding carboxylic acids is 3. The van der Waals surface area contributed by atoms with Crippen LogP contribution in [0.25, 0.3) is 21.6 Å². The fourth-order valence-electron chi connectivity index (χ4n) is 7.16. The van der Waals surface area contributed by atoms with E-state index in [0.29, 0.717) is 70.5 Å². The van der Waals surface area contributed by atoms with Crippen LogP contribution >= 0.6 is 22.9 Å². The highest BCUT2D eigenvalue weighted by molar-refractivity contribution is 7.91. The zero-order chi connectivity index (χ0) is 40.4. The second-order valence-electron chi connectivity index (χ2n) is 15.3. The van der Waals surface area contributed by atoms with Crippen molar-refractivity contribution in [2.45, 2.75) is 94.1 Å². The summed E-state index contributed by atoms with van der Waals surface area (Å²) in [5.41, 5.74) is 0.619. The van der Waals surface area contributed by atoms with Crippen molar-refractivity contribution >= 4 is 61.6 Å². The Morgan fingerprint density at radius 2 is 1.95 bits per heavy atom. The van der Waals surface area contributed by atoms with E-state index in [0.717, 1.165) is 25.0 Å². The van der Waals surface area contributed by atoms with Gasteiger partial charge in [0.2, 0.25) is 21.8 Å². The van der Waals surface area contributed by atoms with E-state index in [-0.39, 0.29) is 37.3 Å². The van der Waals surface area contributed by atoms with E-state index in [2.05, 4.69) is 37.0 Å². The number of sulfonamides is 1. The number of ether oxygens (including phenoxy) is 2. The Bertz CT molecular complexity index is 2100. The van der Waals surface area contributed by atoms with Crippen molar-refractivity contribution in [1.82, 2.24) is 29.8 Å².